The number of unbranched alkanes of at least 4 members (excludes halogenated alkanes) is 10. The summed E-state index contributed by atoms with van der Waals surface area (Å²) < 4.78 is 10.8. The van der Waals surface area contributed by atoms with E-state index in [9.17, 15) is 9.59 Å². The third kappa shape index (κ3) is 6.92. The van der Waals surface area contributed by atoms with Crippen molar-refractivity contribution in [2.45, 2.75) is 121 Å². The average Bonchev–Trinajstić information content (AvgIpc) is 3.68. The van der Waals surface area contributed by atoms with Gasteiger partial charge in [0.15, 0.2) is 0 Å². The van der Waals surface area contributed by atoms with Crippen molar-refractivity contribution < 1.29 is 19.1 Å². The van der Waals surface area contributed by atoms with Gasteiger partial charge in [-0.05, 0) is 12.8 Å². The summed E-state index contributed by atoms with van der Waals surface area (Å²) in [5.41, 5.74) is -0.673. The highest BCUT2D eigenvalue weighted by Gasteiger charge is 2.57. The maximum atomic E-state index is 13.7. The molecule has 6 nitrogen and oxygen atoms in total. The topological polar surface area (TPSA) is 65.7 Å². The van der Waals surface area contributed by atoms with Crippen LogP contribution in [0.5, 0.6) is 0 Å². The standard InChI is InChI=1S/C25H44N2O4/c1-3-5-7-9-11-13-15-25(16-14-12-10-8-6-4-2)23(28)26(17-21-19-30-21)24(29)27(25)18-22-20-31-22/h21-22H,3-20H2,1-2H3. The van der Waals surface area contributed by atoms with Crippen molar-refractivity contribution in [3.05, 3.63) is 0 Å². The monoisotopic (exact) mass is 436 g/mol. The molecule has 0 aromatic carbocycles. The first kappa shape index (κ1) is 24.5. The predicted octanol–water partition coefficient (Wildman–Crippen LogP) is 5.29. The van der Waals surface area contributed by atoms with Gasteiger partial charge in [0.1, 0.15) is 5.54 Å². The van der Waals surface area contributed by atoms with Gasteiger partial charge in [-0.3, -0.25) is 9.69 Å². The molecule has 6 heteroatoms. The van der Waals surface area contributed by atoms with E-state index in [4.69, 9.17) is 9.47 Å². The second kappa shape index (κ2) is 12.2. The normalized spacial score (nSPS) is 24.3. The molecule has 0 bridgehead atoms. The summed E-state index contributed by atoms with van der Waals surface area (Å²) in [7, 11) is 0. The van der Waals surface area contributed by atoms with Crippen LogP contribution >= 0.6 is 0 Å². The zero-order valence-electron chi connectivity index (χ0n) is 19.9. The summed E-state index contributed by atoms with van der Waals surface area (Å²) in [5.74, 6) is 0.0239. The fourth-order valence-corrected chi connectivity index (χ4v) is 4.95. The number of carbonyl (C=O) groups excluding carboxylic acids is 2. The fourth-order valence-electron chi connectivity index (χ4n) is 4.95. The van der Waals surface area contributed by atoms with Gasteiger partial charge in [-0.15, -0.1) is 0 Å². The van der Waals surface area contributed by atoms with Crippen LogP contribution < -0.4 is 0 Å². The fraction of sp³-hybridized carbons (Fsp3) is 0.920. The summed E-state index contributed by atoms with van der Waals surface area (Å²) in [5, 5.41) is 0. The highest BCUT2D eigenvalue weighted by molar-refractivity contribution is 6.07. The molecule has 3 saturated heterocycles. The van der Waals surface area contributed by atoms with Gasteiger partial charge in [0.2, 0.25) is 0 Å². The molecule has 0 saturated carbocycles. The number of imide groups is 1. The van der Waals surface area contributed by atoms with Gasteiger partial charge in [-0.1, -0.05) is 90.9 Å². The molecule has 3 heterocycles. The zero-order valence-corrected chi connectivity index (χ0v) is 19.9. The number of ether oxygens (including phenoxy) is 2. The molecule has 0 spiro atoms. The number of hydrogen-bond donors (Lipinski definition) is 0. The predicted molar refractivity (Wildman–Crippen MR) is 122 cm³/mol. The lowest BCUT2D eigenvalue weighted by atomic mass is 9.84. The Bertz CT molecular complexity index is 558. The number of nitrogens with zero attached hydrogens (tertiary/aromatic N) is 2. The Balaban J connectivity index is 1.66. The van der Waals surface area contributed by atoms with Crippen molar-refractivity contribution in [1.82, 2.24) is 9.80 Å². The third-order valence-electron chi connectivity index (χ3n) is 7.09. The van der Waals surface area contributed by atoms with Gasteiger partial charge in [0.05, 0.1) is 38.5 Å². The van der Waals surface area contributed by atoms with Crippen molar-refractivity contribution >= 4 is 11.9 Å². The summed E-state index contributed by atoms with van der Waals surface area (Å²) in [4.78, 5) is 30.4. The highest BCUT2D eigenvalue weighted by Crippen LogP contribution is 2.39. The van der Waals surface area contributed by atoms with Gasteiger partial charge in [0.25, 0.3) is 5.91 Å². The number of amides is 3. The molecular formula is C25H44N2O4. The Morgan fingerprint density at radius 3 is 1.68 bits per heavy atom. The van der Waals surface area contributed by atoms with E-state index < -0.39 is 5.54 Å². The molecule has 2 unspecified atom stereocenters. The van der Waals surface area contributed by atoms with Crippen molar-refractivity contribution in [3.8, 4) is 0 Å². The average molecular weight is 437 g/mol. The van der Waals surface area contributed by atoms with E-state index in [1.807, 2.05) is 4.90 Å². The molecule has 0 aromatic rings. The van der Waals surface area contributed by atoms with E-state index >= 15 is 0 Å². The number of urea groups is 1. The van der Waals surface area contributed by atoms with Crippen LogP contribution in [0.4, 0.5) is 4.79 Å². The molecule has 3 fully saturated rings. The summed E-state index contributed by atoms with van der Waals surface area (Å²) in [6.45, 7) is 6.79. The summed E-state index contributed by atoms with van der Waals surface area (Å²) >= 11 is 0. The SMILES string of the molecule is CCCCCCCCC1(CCCCCCCC)C(=O)N(CC2CO2)C(=O)N1CC1CO1. The lowest BCUT2D eigenvalue weighted by Crippen LogP contribution is -2.51. The van der Waals surface area contributed by atoms with E-state index in [2.05, 4.69) is 13.8 Å². The minimum atomic E-state index is -0.673. The molecule has 2 atom stereocenters. The molecule has 0 N–H and O–H groups in total. The second-order valence-corrected chi connectivity index (χ2v) is 9.79. The van der Waals surface area contributed by atoms with E-state index in [1.54, 1.807) is 0 Å². The number of epoxide rings is 2. The summed E-state index contributed by atoms with van der Waals surface area (Å²) in [6.07, 6.45) is 16.0. The van der Waals surface area contributed by atoms with Crippen molar-refractivity contribution in [1.29, 1.82) is 0 Å². The number of hydrogen-bond acceptors (Lipinski definition) is 4. The van der Waals surface area contributed by atoms with Crippen LogP contribution in [-0.4, -0.2) is 65.8 Å². The van der Waals surface area contributed by atoms with Gasteiger partial charge >= 0.3 is 6.03 Å². The molecule has 31 heavy (non-hydrogen) atoms. The van der Waals surface area contributed by atoms with E-state index in [0.29, 0.717) is 26.3 Å². The lowest BCUT2D eigenvalue weighted by molar-refractivity contribution is -0.134. The van der Waals surface area contributed by atoms with Crippen molar-refractivity contribution in [2.75, 3.05) is 26.3 Å². The molecule has 3 amide bonds. The second-order valence-electron chi connectivity index (χ2n) is 9.79. The van der Waals surface area contributed by atoms with Crippen LogP contribution in [0.25, 0.3) is 0 Å². The van der Waals surface area contributed by atoms with Crippen molar-refractivity contribution in [3.63, 3.8) is 0 Å². The van der Waals surface area contributed by atoms with Gasteiger partial charge in [-0.25, -0.2) is 4.79 Å². The maximum absolute atomic E-state index is 13.7. The van der Waals surface area contributed by atoms with E-state index in [-0.39, 0.29) is 24.1 Å². The number of rotatable bonds is 18. The van der Waals surface area contributed by atoms with E-state index in [1.165, 1.54) is 56.3 Å². The Hall–Kier alpha value is -1.14. The maximum Gasteiger partial charge on any atom is 0.327 e. The third-order valence-corrected chi connectivity index (χ3v) is 7.09. The van der Waals surface area contributed by atoms with Crippen LogP contribution in [-0.2, 0) is 14.3 Å². The minimum absolute atomic E-state index is 0.0239. The molecule has 178 valence electrons. The van der Waals surface area contributed by atoms with Crippen LogP contribution in [0.15, 0.2) is 0 Å². The first-order valence-corrected chi connectivity index (χ1v) is 13.0. The van der Waals surface area contributed by atoms with Crippen LogP contribution in [0.1, 0.15) is 104 Å². The Morgan fingerprint density at radius 2 is 1.19 bits per heavy atom. The van der Waals surface area contributed by atoms with Gasteiger partial charge in [0, 0.05) is 0 Å². The number of carbonyl (C=O) groups is 2. The molecule has 0 radical (unpaired) electrons. The molecule has 3 rings (SSSR count). The Labute approximate surface area is 189 Å². The molecular weight excluding hydrogens is 392 g/mol. The van der Waals surface area contributed by atoms with Crippen LogP contribution in [0.3, 0.4) is 0 Å². The smallest absolute Gasteiger partial charge is 0.327 e. The molecule has 3 aliphatic rings. The van der Waals surface area contributed by atoms with E-state index in [0.717, 1.165) is 38.5 Å². The largest absolute Gasteiger partial charge is 0.371 e. The lowest BCUT2D eigenvalue weighted by Gasteiger charge is -2.35. The Kier molecular flexibility index (Phi) is 9.64. The molecule has 3 aliphatic heterocycles. The summed E-state index contributed by atoms with van der Waals surface area (Å²) in [6, 6.07) is -0.118. The Morgan fingerprint density at radius 1 is 0.742 bits per heavy atom. The zero-order chi connectivity index (χ0) is 22.1. The van der Waals surface area contributed by atoms with Crippen LogP contribution in [0.2, 0.25) is 0 Å². The first-order valence-electron chi connectivity index (χ1n) is 13.0. The minimum Gasteiger partial charge on any atom is -0.371 e. The van der Waals surface area contributed by atoms with Gasteiger partial charge in [-0.2, -0.15) is 0 Å². The quantitative estimate of drug-likeness (QED) is 0.166. The molecule has 0 aromatic heterocycles. The molecule has 0 aliphatic carbocycles. The first-order chi connectivity index (χ1) is 15.1. The van der Waals surface area contributed by atoms with Gasteiger partial charge < -0.3 is 14.4 Å². The van der Waals surface area contributed by atoms with Crippen molar-refractivity contribution in [2.24, 2.45) is 0 Å². The highest BCUT2D eigenvalue weighted by atomic mass is 16.6. The van der Waals surface area contributed by atoms with Crippen LogP contribution in [0, 0.1) is 0 Å².